The molecular formula is C13H26N4O. The van der Waals surface area contributed by atoms with Crippen molar-refractivity contribution in [3.8, 4) is 5.88 Å². The van der Waals surface area contributed by atoms with Gasteiger partial charge in [0.2, 0.25) is 5.88 Å². The molecule has 0 amide bonds. The highest BCUT2D eigenvalue weighted by Crippen LogP contribution is 2.30. The molecule has 5 nitrogen and oxygen atoms in total. The Balaban J connectivity index is 3.08. The summed E-state index contributed by atoms with van der Waals surface area (Å²) in [6.45, 7) is 7.98. The smallest absolute Gasteiger partial charge is 0.216 e. The quantitative estimate of drug-likeness (QED) is 0.832. The molecule has 0 saturated carbocycles. The molecule has 1 aromatic heterocycles. The van der Waals surface area contributed by atoms with Gasteiger partial charge in [-0.1, -0.05) is 13.8 Å². The number of rotatable bonds is 6. The van der Waals surface area contributed by atoms with E-state index in [1.54, 1.807) is 11.8 Å². The van der Waals surface area contributed by atoms with Gasteiger partial charge in [0.25, 0.3) is 0 Å². The van der Waals surface area contributed by atoms with Gasteiger partial charge in [0.05, 0.1) is 24.4 Å². The zero-order valence-corrected chi connectivity index (χ0v) is 12.4. The third-order valence-corrected chi connectivity index (χ3v) is 3.15. The summed E-state index contributed by atoms with van der Waals surface area (Å²) >= 11 is 0. The number of nitrogens with zero attached hydrogens (tertiary/aromatic N) is 3. The second kappa shape index (κ2) is 6.20. The van der Waals surface area contributed by atoms with Crippen molar-refractivity contribution in [2.45, 2.75) is 26.8 Å². The first kappa shape index (κ1) is 15.0. The van der Waals surface area contributed by atoms with Crippen molar-refractivity contribution in [3.63, 3.8) is 0 Å². The number of aromatic nitrogens is 2. The molecule has 2 N–H and O–H groups in total. The summed E-state index contributed by atoms with van der Waals surface area (Å²) in [5.74, 6) is 1.41. The van der Waals surface area contributed by atoms with Crippen LogP contribution in [0.3, 0.4) is 0 Å². The molecule has 104 valence electrons. The monoisotopic (exact) mass is 254 g/mol. The predicted molar refractivity (Wildman–Crippen MR) is 73.8 cm³/mol. The minimum absolute atomic E-state index is 0.149. The van der Waals surface area contributed by atoms with Crippen molar-refractivity contribution in [2.24, 2.45) is 18.7 Å². The van der Waals surface area contributed by atoms with Crippen molar-refractivity contribution < 1.29 is 4.74 Å². The van der Waals surface area contributed by atoms with E-state index in [0.717, 1.165) is 23.7 Å². The van der Waals surface area contributed by atoms with Gasteiger partial charge in [-0.3, -0.25) is 4.90 Å². The fourth-order valence-electron chi connectivity index (χ4n) is 2.50. The Labute approximate surface area is 110 Å². The van der Waals surface area contributed by atoms with Gasteiger partial charge < -0.3 is 10.5 Å². The van der Waals surface area contributed by atoms with Crippen LogP contribution >= 0.6 is 0 Å². The second-order valence-corrected chi connectivity index (χ2v) is 5.22. The third kappa shape index (κ3) is 3.03. The van der Waals surface area contributed by atoms with Crippen LogP contribution in [0, 0.1) is 12.8 Å². The highest BCUT2D eigenvalue weighted by molar-refractivity contribution is 5.34. The van der Waals surface area contributed by atoms with Crippen molar-refractivity contribution in [3.05, 3.63) is 11.3 Å². The van der Waals surface area contributed by atoms with Crippen LogP contribution in [0.4, 0.5) is 0 Å². The Kier molecular flexibility index (Phi) is 5.16. The first-order valence-electron chi connectivity index (χ1n) is 6.40. The van der Waals surface area contributed by atoms with Crippen molar-refractivity contribution in [2.75, 3.05) is 27.2 Å². The highest BCUT2D eigenvalue weighted by atomic mass is 16.5. The van der Waals surface area contributed by atoms with Crippen LogP contribution in [-0.2, 0) is 7.05 Å². The SMILES string of the molecule is COc1c(C(CN)N(C)CC(C)C)c(C)nn1C. The van der Waals surface area contributed by atoms with Gasteiger partial charge in [-0.25, -0.2) is 4.68 Å². The molecule has 0 radical (unpaired) electrons. The van der Waals surface area contributed by atoms with Gasteiger partial charge in [-0.2, -0.15) is 5.10 Å². The Morgan fingerprint density at radius 2 is 2.06 bits per heavy atom. The van der Waals surface area contributed by atoms with E-state index in [2.05, 4.69) is 30.9 Å². The minimum Gasteiger partial charge on any atom is -0.481 e. The molecule has 1 unspecified atom stereocenters. The van der Waals surface area contributed by atoms with Crippen molar-refractivity contribution >= 4 is 0 Å². The predicted octanol–water partition coefficient (Wildman–Crippen LogP) is 1.32. The van der Waals surface area contributed by atoms with Gasteiger partial charge in [0, 0.05) is 20.1 Å². The van der Waals surface area contributed by atoms with Crippen LogP contribution < -0.4 is 10.5 Å². The number of hydrogen-bond donors (Lipinski definition) is 1. The molecule has 0 bridgehead atoms. The highest BCUT2D eigenvalue weighted by Gasteiger charge is 2.25. The van der Waals surface area contributed by atoms with E-state index in [0.29, 0.717) is 12.5 Å². The summed E-state index contributed by atoms with van der Waals surface area (Å²) in [6.07, 6.45) is 0. The largest absolute Gasteiger partial charge is 0.481 e. The van der Waals surface area contributed by atoms with Gasteiger partial charge in [-0.05, 0) is 19.9 Å². The molecule has 0 aromatic carbocycles. The average molecular weight is 254 g/mol. The topological polar surface area (TPSA) is 56.3 Å². The Morgan fingerprint density at radius 3 is 2.50 bits per heavy atom. The standard InChI is InChI=1S/C13H26N4O/c1-9(2)8-16(4)11(7-14)12-10(3)15-17(5)13(12)18-6/h9,11H,7-8,14H2,1-6H3. The fraction of sp³-hybridized carbons (Fsp3) is 0.769. The Hall–Kier alpha value is -1.07. The third-order valence-electron chi connectivity index (χ3n) is 3.15. The van der Waals surface area contributed by atoms with Crippen LogP contribution in [0.25, 0.3) is 0 Å². The Morgan fingerprint density at radius 1 is 1.44 bits per heavy atom. The van der Waals surface area contributed by atoms with Gasteiger partial charge >= 0.3 is 0 Å². The molecule has 0 fully saturated rings. The molecule has 1 aromatic rings. The van der Waals surface area contributed by atoms with Crippen LogP contribution in [0.1, 0.15) is 31.1 Å². The molecule has 1 heterocycles. The molecular weight excluding hydrogens is 228 g/mol. The van der Waals surface area contributed by atoms with Crippen LogP contribution in [-0.4, -0.2) is 41.9 Å². The van der Waals surface area contributed by atoms with E-state index in [1.807, 2.05) is 14.0 Å². The lowest BCUT2D eigenvalue weighted by Gasteiger charge is -2.28. The number of nitrogens with two attached hydrogens (primary N) is 1. The van der Waals surface area contributed by atoms with Crippen LogP contribution in [0.2, 0.25) is 0 Å². The van der Waals surface area contributed by atoms with Gasteiger partial charge in [0.1, 0.15) is 0 Å². The lowest BCUT2D eigenvalue weighted by atomic mass is 10.0. The minimum atomic E-state index is 0.149. The maximum Gasteiger partial charge on any atom is 0.216 e. The summed E-state index contributed by atoms with van der Waals surface area (Å²) < 4.78 is 7.23. The summed E-state index contributed by atoms with van der Waals surface area (Å²) in [7, 11) is 5.67. The molecule has 0 aliphatic carbocycles. The Bertz CT molecular complexity index is 387. The van der Waals surface area contributed by atoms with E-state index in [-0.39, 0.29) is 6.04 Å². The normalized spacial score (nSPS) is 13.4. The van der Waals surface area contributed by atoms with Gasteiger partial charge in [-0.15, -0.1) is 0 Å². The van der Waals surface area contributed by atoms with Crippen LogP contribution in [0.15, 0.2) is 0 Å². The number of methoxy groups -OCH3 is 1. The van der Waals surface area contributed by atoms with E-state index in [4.69, 9.17) is 10.5 Å². The van der Waals surface area contributed by atoms with E-state index >= 15 is 0 Å². The number of hydrogen-bond acceptors (Lipinski definition) is 4. The van der Waals surface area contributed by atoms with Gasteiger partial charge in [0.15, 0.2) is 0 Å². The lowest BCUT2D eigenvalue weighted by molar-refractivity contribution is 0.218. The zero-order valence-electron chi connectivity index (χ0n) is 12.4. The first-order chi connectivity index (χ1) is 8.42. The fourth-order valence-corrected chi connectivity index (χ4v) is 2.50. The average Bonchev–Trinajstić information content (AvgIpc) is 2.54. The van der Waals surface area contributed by atoms with E-state index in [1.165, 1.54) is 0 Å². The van der Waals surface area contributed by atoms with E-state index < -0.39 is 0 Å². The number of likely N-dealkylation sites (N-methyl/N-ethyl adjacent to an activating group) is 1. The lowest BCUT2D eigenvalue weighted by Crippen LogP contribution is -2.33. The van der Waals surface area contributed by atoms with Crippen molar-refractivity contribution in [1.82, 2.24) is 14.7 Å². The maximum absolute atomic E-state index is 5.95. The molecule has 18 heavy (non-hydrogen) atoms. The number of aryl methyl sites for hydroxylation is 2. The molecule has 1 rings (SSSR count). The molecule has 0 spiro atoms. The molecule has 0 aliphatic heterocycles. The van der Waals surface area contributed by atoms with E-state index in [9.17, 15) is 0 Å². The van der Waals surface area contributed by atoms with Crippen LogP contribution in [0.5, 0.6) is 5.88 Å². The zero-order chi connectivity index (χ0) is 13.9. The summed E-state index contributed by atoms with van der Waals surface area (Å²) in [4.78, 5) is 2.28. The number of ether oxygens (including phenoxy) is 1. The molecule has 0 aliphatic rings. The molecule has 0 saturated heterocycles. The second-order valence-electron chi connectivity index (χ2n) is 5.22. The molecule has 5 heteroatoms. The maximum atomic E-state index is 5.95. The first-order valence-corrected chi connectivity index (χ1v) is 6.40. The summed E-state index contributed by atoms with van der Waals surface area (Å²) in [5, 5.41) is 4.42. The molecule has 1 atom stereocenters. The van der Waals surface area contributed by atoms with Crippen molar-refractivity contribution in [1.29, 1.82) is 0 Å². The summed E-state index contributed by atoms with van der Waals surface area (Å²) in [6, 6.07) is 0.149. The summed E-state index contributed by atoms with van der Waals surface area (Å²) in [5.41, 5.74) is 8.04.